The Labute approximate surface area is 205 Å². The van der Waals surface area contributed by atoms with Crippen molar-refractivity contribution in [2.24, 2.45) is 0 Å². The van der Waals surface area contributed by atoms with Gasteiger partial charge in [-0.25, -0.2) is 23.2 Å². The predicted molar refractivity (Wildman–Crippen MR) is 130 cm³/mol. The number of sulfone groups is 1. The van der Waals surface area contributed by atoms with E-state index in [1.807, 2.05) is 0 Å². The minimum absolute atomic E-state index is 0.0601. The lowest BCUT2D eigenvalue weighted by Gasteiger charge is -2.25. The van der Waals surface area contributed by atoms with Crippen molar-refractivity contribution >= 4 is 33.4 Å². The Kier molecular flexibility index (Phi) is 5.01. The highest BCUT2D eigenvalue weighted by molar-refractivity contribution is 7.90. The minimum atomic E-state index is -3.82. The van der Waals surface area contributed by atoms with Crippen LogP contribution in [-0.2, 0) is 15.6 Å². The van der Waals surface area contributed by atoms with Gasteiger partial charge in [0, 0.05) is 53.2 Å². The number of benzene rings is 1. The van der Waals surface area contributed by atoms with Crippen LogP contribution in [0.1, 0.15) is 47.6 Å². The molecule has 180 valence electrons. The van der Waals surface area contributed by atoms with Gasteiger partial charge in [-0.05, 0) is 49.4 Å². The molecule has 0 spiro atoms. The lowest BCUT2D eigenvalue weighted by molar-refractivity contribution is 0.0694. The maximum Gasteiger partial charge on any atom is 0.341 e. The van der Waals surface area contributed by atoms with Crippen LogP contribution in [0.5, 0.6) is 0 Å². The molecule has 2 aliphatic heterocycles. The van der Waals surface area contributed by atoms with E-state index in [0.29, 0.717) is 38.9 Å². The fraction of sp³-hybridized carbons (Fsp3) is 0.333. The van der Waals surface area contributed by atoms with Crippen LogP contribution >= 0.6 is 11.6 Å². The topological polar surface area (TPSA) is 122 Å². The number of hydrogen-bond donors (Lipinski definition) is 1. The predicted octanol–water partition coefficient (Wildman–Crippen LogP) is 3.55. The lowest BCUT2D eigenvalue weighted by Crippen LogP contribution is -2.30. The second kappa shape index (κ2) is 7.89. The number of anilines is 1. The fourth-order valence-corrected chi connectivity index (χ4v) is 6.82. The largest absolute Gasteiger partial charge is 0.477 e. The first kappa shape index (κ1) is 22.2. The molecule has 9 nitrogen and oxygen atoms in total. The Hall–Kier alpha value is -3.24. The summed E-state index contributed by atoms with van der Waals surface area (Å²) in [5.74, 6) is -1.14. The molecule has 0 amide bonds. The number of hydrogen-bond acceptors (Lipinski definition) is 7. The van der Waals surface area contributed by atoms with Crippen LogP contribution in [0, 0.1) is 0 Å². The monoisotopic (exact) mass is 512 g/mol. The van der Waals surface area contributed by atoms with Crippen molar-refractivity contribution in [3.8, 4) is 22.4 Å². The van der Waals surface area contributed by atoms with Crippen molar-refractivity contribution < 1.29 is 18.3 Å². The number of carboxylic acids is 1. The molecule has 1 aromatic carbocycles. The number of rotatable bonds is 4. The van der Waals surface area contributed by atoms with Gasteiger partial charge >= 0.3 is 5.97 Å². The molecule has 2 aromatic heterocycles. The highest BCUT2D eigenvalue weighted by Crippen LogP contribution is 2.46. The van der Waals surface area contributed by atoms with Gasteiger partial charge in [0.05, 0.1) is 16.3 Å². The van der Waals surface area contributed by atoms with Crippen molar-refractivity contribution in [1.82, 2.24) is 14.5 Å². The number of aromatic nitrogens is 3. The molecule has 4 heterocycles. The summed E-state index contributed by atoms with van der Waals surface area (Å²) in [5.41, 5.74) is 1.05. The maximum absolute atomic E-state index is 13.3. The summed E-state index contributed by atoms with van der Waals surface area (Å²) in [6.45, 7) is 1.81. The first-order valence-electron chi connectivity index (χ1n) is 11.4. The van der Waals surface area contributed by atoms with Crippen LogP contribution in [-0.4, -0.2) is 47.1 Å². The van der Waals surface area contributed by atoms with Gasteiger partial charge in [0.15, 0.2) is 9.84 Å². The number of fused-ring (bicyclic) bond motifs is 3. The SMILES string of the molecule is O=C(O)c1cc2c(n(C3CC3)c1=O)-c1cc(Cl)c(-c3cnc(N4CCCC4)nc3)cc1S(=O)(=O)C2. The van der Waals surface area contributed by atoms with E-state index in [4.69, 9.17) is 11.6 Å². The Morgan fingerprint density at radius 2 is 1.74 bits per heavy atom. The van der Waals surface area contributed by atoms with Gasteiger partial charge in [-0.1, -0.05) is 11.6 Å². The Bertz CT molecular complexity index is 1560. The minimum Gasteiger partial charge on any atom is -0.477 e. The molecule has 0 radical (unpaired) electrons. The highest BCUT2D eigenvalue weighted by atomic mass is 35.5. The molecule has 11 heteroatoms. The van der Waals surface area contributed by atoms with E-state index in [1.54, 1.807) is 18.5 Å². The van der Waals surface area contributed by atoms with Gasteiger partial charge in [-0.2, -0.15) is 0 Å². The summed E-state index contributed by atoms with van der Waals surface area (Å²) in [7, 11) is -3.82. The number of halogens is 1. The van der Waals surface area contributed by atoms with Gasteiger partial charge in [-0.15, -0.1) is 0 Å². The zero-order valence-corrected chi connectivity index (χ0v) is 20.1. The fourth-order valence-electron chi connectivity index (χ4n) is 4.98. The molecule has 0 bridgehead atoms. The third-order valence-electron chi connectivity index (χ3n) is 6.80. The molecule has 2 fully saturated rings. The molecule has 6 rings (SSSR count). The smallest absolute Gasteiger partial charge is 0.341 e. The van der Waals surface area contributed by atoms with Crippen molar-refractivity contribution in [2.45, 2.75) is 42.4 Å². The van der Waals surface area contributed by atoms with Crippen LogP contribution in [0.3, 0.4) is 0 Å². The van der Waals surface area contributed by atoms with E-state index in [9.17, 15) is 23.1 Å². The van der Waals surface area contributed by atoms with Crippen LogP contribution < -0.4 is 10.5 Å². The highest BCUT2D eigenvalue weighted by Gasteiger charge is 2.37. The average Bonchev–Trinajstić information content (AvgIpc) is 3.50. The zero-order valence-electron chi connectivity index (χ0n) is 18.6. The van der Waals surface area contributed by atoms with Crippen LogP contribution in [0.25, 0.3) is 22.4 Å². The summed E-state index contributed by atoms with van der Waals surface area (Å²) in [6, 6.07) is 4.09. The van der Waals surface area contributed by atoms with Crippen molar-refractivity contribution in [3.63, 3.8) is 0 Å². The Balaban J connectivity index is 1.52. The molecule has 1 saturated carbocycles. The molecule has 3 aromatic rings. The van der Waals surface area contributed by atoms with E-state index in [1.165, 1.54) is 16.7 Å². The number of aromatic carboxylic acids is 1. The van der Waals surface area contributed by atoms with E-state index in [0.717, 1.165) is 38.8 Å². The third kappa shape index (κ3) is 3.63. The summed E-state index contributed by atoms with van der Waals surface area (Å²) in [5, 5.41) is 9.81. The second-order valence-electron chi connectivity index (χ2n) is 9.20. The summed E-state index contributed by atoms with van der Waals surface area (Å²) in [4.78, 5) is 35.8. The van der Waals surface area contributed by atoms with E-state index < -0.39 is 32.7 Å². The average molecular weight is 513 g/mol. The second-order valence-corrected chi connectivity index (χ2v) is 11.6. The maximum atomic E-state index is 13.3. The standard InChI is InChI=1S/C24H21ClN4O5S/c25-19-8-17-20(9-16(19)14-10-26-24(27-11-14)28-5-1-2-6-28)35(33,34)12-13-7-18(23(31)32)22(30)29(21(13)17)15-3-4-15/h7-11,15H,1-6,12H2,(H,31,32). The summed E-state index contributed by atoms with van der Waals surface area (Å²) < 4.78 is 28.1. The summed E-state index contributed by atoms with van der Waals surface area (Å²) >= 11 is 6.65. The van der Waals surface area contributed by atoms with Crippen LogP contribution in [0.2, 0.25) is 5.02 Å². The van der Waals surface area contributed by atoms with Crippen LogP contribution in [0.4, 0.5) is 5.95 Å². The van der Waals surface area contributed by atoms with E-state index >= 15 is 0 Å². The van der Waals surface area contributed by atoms with Gasteiger partial charge in [0.1, 0.15) is 5.56 Å². The number of carbonyl (C=O) groups is 1. The number of nitrogens with zero attached hydrogens (tertiary/aromatic N) is 4. The first-order chi connectivity index (χ1) is 16.7. The molecule has 1 saturated heterocycles. The van der Waals surface area contributed by atoms with Gasteiger partial charge < -0.3 is 14.6 Å². The Morgan fingerprint density at radius 3 is 2.37 bits per heavy atom. The van der Waals surface area contributed by atoms with Crippen molar-refractivity contribution in [3.05, 3.63) is 57.1 Å². The lowest BCUT2D eigenvalue weighted by atomic mass is 9.99. The van der Waals surface area contributed by atoms with Gasteiger partial charge in [0.2, 0.25) is 5.95 Å². The first-order valence-corrected chi connectivity index (χ1v) is 13.4. The third-order valence-corrected chi connectivity index (χ3v) is 8.81. The molecular weight excluding hydrogens is 492 g/mol. The van der Waals surface area contributed by atoms with Crippen LogP contribution in [0.15, 0.2) is 40.3 Å². The Morgan fingerprint density at radius 1 is 1.06 bits per heavy atom. The molecule has 1 aliphatic carbocycles. The zero-order chi connectivity index (χ0) is 24.5. The molecule has 35 heavy (non-hydrogen) atoms. The molecular formula is C24H21ClN4O5S. The molecule has 1 N–H and O–H groups in total. The molecule has 0 atom stereocenters. The van der Waals surface area contributed by atoms with Gasteiger partial charge in [-0.3, -0.25) is 4.79 Å². The number of pyridine rings is 1. The number of carboxylic acid groups (broad SMARTS) is 1. The quantitative estimate of drug-likeness (QED) is 0.563. The molecule has 0 unspecified atom stereocenters. The van der Waals surface area contributed by atoms with E-state index in [-0.39, 0.29) is 10.9 Å². The van der Waals surface area contributed by atoms with E-state index in [2.05, 4.69) is 14.9 Å². The van der Waals surface area contributed by atoms with Crippen molar-refractivity contribution in [2.75, 3.05) is 18.0 Å². The normalized spacial score (nSPS) is 18.3. The molecule has 3 aliphatic rings. The van der Waals surface area contributed by atoms with Crippen molar-refractivity contribution in [1.29, 1.82) is 0 Å². The van der Waals surface area contributed by atoms with Gasteiger partial charge in [0.25, 0.3) is 5.56 Å². The summed E-state index contributed by atoms with van der Waals surface area (Å²) in [6.07, 6.45) is 6.92.